The molecule has 0 atom stereocenters. The third-order valence-corrected chi connectivity index (χ3v) is 2.13. The van der Waals surface area contributed by atoms with E-state index in [4.69, 9.17) is 11.6 Å². The summed E-state index contributed by atoms with van der Waals surface area (Å²) in [5, 5.41) is 0. The largest absolute Gasteiger partial charge is 0.462 e. The summed E-state index contributed by atoms with van der Waals surface area (Å²) < 4.78 is 5.22. The first-order valence-corrected chi connectivity index (χ1v) is 3.82. The van der Waals surface area contributed by atoms with Crippen LogP contribution < -0.4 is 0 Å². The fraction of sp³-hybridized carbons (Fsp3) is 0.167. The highest BCUT2D eigenvalue weighted by Gasteiger charge is 1.95. The second kappa shape index (κ2) is 3.58. The van der Waals surface area contributed by atoms with E-state index in [1.165, 1.54) is 11.3 Å². The Hall–Kier alpha value is -0.540. The molecule has 1 heterocycles. The average Bonchev–Trinajstić information content (AvgIpc) is 2.31. The highest BCUT2D eigenvalue weighted by molar-refractivity contribution is 7.16. The van der Waals surface area contributed by atoms with Crippen molar-refractivity contribution in [1.82, 2.24) is 0 Å². The van der Waals surface area contributed by atoms with Gasteiger partial charge in [0.1, 0.15) is 6.61 Å². The smallest absolute Gasteiger partial charge is 0.293 e. The van der Waals surface area contributed by atoms with Crippen LogP contribution in [0.2, 0.25) is 4.34 Å². The van der Waals surface area contributed by atoms with E-state index in [2.05, 4.69) is 4.74 Å². The molecule has 0 aliphatic carbocycles. The van der Waals surface area contributed by atoms with Crippen molar-refractivity contribution < 1.29 is 9.53 Å². The normalized spacial score (nSPS) is 9.30. The second-order valence-electron chi connectivity index (χ2n) is 1.61. The van der Waals surface area contributed by atoms with Gasteiger partial charge in [-0.1, -0.05) is 11.6 Å². The molecular formula is C6H5ClO2S. The molecule has 0 aliphatic heterocycles. The summed E-state index contributed by atoms with van der Waals surface area (Å²) in [6.07, 6.45) is 0. The molecule has 0 amide bonds. The van der Waals surface area contributed by atoms with Crippen LogP contribution in [0.4, 0.5) is 0 Å². The zero-order valence-corrected chi connectivity index (χ0v) is 6.61. The van der Waals surface area contributed by atoms with Gasteiger partial charge in [-0.25, -0.2) is 0 Å². The Morgan fingerprint density at radius 2 is 2.50 bits per heavy atom. The number of carbonyl (C=O) groups is 1. The Kier molecular flexibility index (Phi) is 2.71. The van der Waals surface area contributed by atoms with Crippen molar-refractivity contribution in [2.75, 3.05) is 0 Å². The lowest BCUT2D eigenvalue weighted by molar-refractivity contribution is -0.129. The third-order valence-electron chi connectivity index (χ3n) is 0.922. The maximum absolute atomic E-state index is 9.73. The van der Waals surface area contributed by atoms with E-state index in [1.807, 2.05) is 6.07 Å². The molecule has 0 radical (unpaired) electrons. The first-order chi connectivity index (χ1) is 4.83. The molecule has 1 aromatic heterocycles. The maximum Gasteiger partial charge on any atom is 0.293 e. The Morgan fingerprint density at radius 3 is 3.00 bits per heavy atom. The number of carbonyl (C=O) groups excluding carboxylic acids is 1. The van der Waals surface area contributed by atoms with Crippen LogP contribution in [0.3, 0.4) is 0 Å². The molecule has 1 rings (SSSR count). The van der Waals surface area contributed by atoms with Crippen LogP contribution in [-0.2, 0) is 16.1 Å². The fourth-order valence-corrected chi connectivity index (χ4v) is 1.56. The molecule has 4 heteroatoms. The molecule has 0 aromatic carbocycles. The van der Waals surface area contributed by atoms with E-state index in [0.717, 1.165) is 4.88 Å². The van der Waals surface area contributed by atoms with Gasteiger partial charge < -0.3 is 4.74 Å². The number of hydrogen-bond donors (Lipinski definition) is 0. The first-order valence-electron chi connectivity index (χ1n) is 2.62. The number of halogens is 1. The van der Waals surface area contributed by atoms with Crippen LogP contribution in [0.5, 0.6) is 0 Å². The monoisotopic (exact) mass is 176 g/mol. The third kappa shape index (κ3) is 2.01. The van der Waals surface area contributed by atoms with E-state index >= 15 is 0 Å². The lowest BCUT2D eigenvalue weighted by Crippen LogP contribution is -1.84. The summed E-state index contributed by atoms with van der Waals surface area (Å²) in [7, 11) is 0. The molecule has 54 valence electrons. The molecule has 10 heavy (non-hydrogen) atoms. The van der Waals surface area contributed by atoms with E-state index < -0.39 is 0 Å². The highest BCUT2D eigenvalue weighted by atomic mass is 35.5. The number of hydrogen-bond acceptors (Lipinski definition) is 3. The molecule has 0 N–H and O–H groups in total. The zero-order chi connectivity index (χ0) is 7.40. The van der Waals surface area contributed by atoms with Gasteiger partial charge in [0, 0.05) is 4.88 Å². The van der Waals surface area contributed by atoms with E-state index in [1.54, 1.807) is 6.07 Å². The van der Waals surface area contributed by atoms with Gasteiger partial charge in [-0.3, -0.25) is 4.79 Å². The second-order valence-corrected chi connectivity index (χ2v) is 3.41. The fourth-order valence-electron chi connectivity index (χ4n) is 0.545. The van der Waals surface area contributed by atoms with E-state index in [0.29, 0.717) is 17.4 Å². The lowest BCUT2D eigenvalue weighted by Gasteiger charge is -1.90. The molecule has 0 saturated carbocycles. The number of ether oxygens (including phenoxy) is 1. The molecule has 0 fully saturated rings. The van der Waals surface area contributed by atoms with Gasteiger partial charge in [0.15, 0.2) is 0 Å². The van der Waals surface area contributed by atoms with Crippen LogP contribution in [0, 0.1) is 0 Å². The molecule has 0 bridgehead atoms. The molecule has 1 aromatic rings. The lowest BCUT2D eigenvalue weighted by atomic mass is 10.5. The Bertz CT molecular complexity index is 221. The van der Waals surface area contributed by atoms with Crippen LogP contribution in [0.1, 0.15) is 4.88 Å². The predicted octanol–water partition coefficient (Wildman–Crippen LogP) is 2.07. The number of rotatable bonds is 3. The Morgan fingerprint density at radius 1 is 1.70 bits per heavy atom. The summed E-state index contributed by atoms with van der Waals surface area (Å²) >= 11 is 7.02. The summed E-state index contributed by atoms with van der Waals surface area (Å²) in [4.78, 5) is 10.7. The average molecular weight is 177 g/mol. The first kappa shape index (κ1) is 7.57. The molecular weight excluding hydrogens is 172 g/mol. The van der Waals surface area contributed by atoms with Gasteiger partial charge in [-0.2, -0.15) is 0 Å². The molecule has 0 aliphatic rings. The van der Waals surface area contributed by atoms with Gasteiger partial charge in [0.2, 0.25) is 0 Å². The quantitative estimate of drug-likeness (QED) is 0.660. The summed E-state index contributed by atoms with van der Waals surface area (Å²) in [5.41, 5.74) is 0. The van der Waals surface area contributed by atoms with Crippen molar-refractivity contribution in [3.05, 3.63) is 21.3 Å². The molecule has 2 nitrogen and oxygen atoms in total. The molecule has 0 saturated heterocycles. The van der Waals surface area contributed by atoms with Gasteiger partial charge >= 0.3 is 0 Å². The van der Waals surface area contributed by atoms with Crippen molar-refractivity contribution in [2.24, 2.45) is 0 Å². The van der Waals surface area contributed by atoms with Crippen LogP contribution >= 0.6 is 22.9 Å². The van der Waals surface area contributed by atoms with Crippen LogP contribution in [-0.4, -0.2) is 6.47 Å². The van der Waals surface area contributed by atoms with E-state index in [9.17, 15) is 4.79 Å². The van der Waals surface area contributed by atoms with Crippen LogP contribution in [0.15, 0.2) is 12.1 Å². The molecule has 0 unspecified atom stereocenters. The van der Waals surface area contributed by atoms with E-state index in [-0.39, 0.29) is 0 Å². The SMILES string of the molecule is O=COCc1ccc(Cl)s1. The van der Waals surface area contributed by atoms with Gasteiger partial charge in [-0.05, 0) is 12.1 Å². The van der Waals surface area contributed by atoms with Gasteiger partial charge in [-0.15, -0.1) is 11.3 Å². The van der Waals surface area contributed by atoms with Crippen molar-refractivity contribution in [2.45, 2.75) is 6.61 Å². The minimum atomic E-state index is 0.320. The Labute approximate surface area is 67.4 Å². The van der Waals surface area contributed by atoms with Crippen LogP contribution in [0.25, 0.3) is 0 Å². The van der Waals surface area contributed by atoms with Gasteiger partial charge in [0.25, 0.3) is 6.47 Å². The topological polar surface area (TPSA) is 26.3 Å². The summed E-state index contributed by atoms with van der Waals surface area (Å²) in [5.74, 6) is 0. The van der Waals surface area contributed by atoms with Crippen molar-refractivity contribution in [3.63, 3.8) is 0 Å². The van der Waals surface area contributed by atoms with Crippen molar-refractivity contribution in [1.29, 1.82) is 0 Å². The number of thiophene rings is 1. The zero-order valence-electron chi connectivity index (χ0n) is 5.04. The van der Waals surface area contributed by atoms with Crippen molar-refractivity contribution >= 4 is 29.4 Å². The minimum Gasteiger partial charge on any atom is -0.462 e. The van der Waals surface area contributed by atoms with Gasteiger partial charge in [0.05, 0.1) is 4.34 Å². The Balaban J connectivity index is 2.49. The summed E-state index contributed by atoms with van der Waals surface area (Å²) in [6, 6.07) is 3.60. The molecule has 0 spiro atoms. The van der Waals surface area contributed by atoms with Crippen molar-refractivity contribution in [3.8, 4) is 0 Å². The predicted molar refractivity (Wildman–Crippen MR) is 40.2 cm³/mol. The standard InChI is InChI=1S/C6H5ClO2S/c7-6-2-1-5(10-6)3-9-4-8/h1-2,4H,3H2. The minimum absolute atomic E-state index is 0.320. The highest BCUT2D eigenvalue weighted by Crippen LogP contribution is 2.21. The maximum atomic E-state index is 9.73. The summed E-state index contributed by atoms with van der Waals surface area (Å²) in [6.45, 7) is 0.745.